The second kappa shape index (κ2) is 7.20. The maximum absolute atomic E-state index is 12.7. The number of hydrogen-bond acceptors (Lipinski definition) is 3. The monoisotopic (exact) mass is 303 g/mol. The lowest BCUT2D eigenvalue weighted by Gasteiger charge is -2.35. The van der Waals surface area contributed by atoms with Gasteiger partial charge in [-0.05, 0) is 44.7 Å². The van der Waals surface area contributed by atoms with E-state index in [0.717, 1.165) is 19.3 Å². The number of carboxylic acids is 1. The molecule has 1 aliphatic heterocycles. The van der Waals surface area contributed by atoms with E-state index in [1.807, 2.05) is 0 Å². The molecule has 0 spiro atoms. The zero-order chi connectivity index (χ0) is 16.1. The number of amides is 1. The zero-order valence-electron chi connectivity index (χ0n) is 12.7. The van der Waals surface area contributed by atoms with E-state index in [1.54, 1.807) is 29.2 Å². The highest BCUT2D eigenvalue weighted by Gasteiger charge is 2.27. The topological polar surface area (TPSA) is 74.7 Å². The van der Waals surface area contributed by atoms with Gasteiger partial charge in [0.1, 0.15) is 0 Å². The average Bonchev–Trinajstić information content (AvgIpc) is 2.52. The second-order valence-electron chi connectivity index (χ2n) is 5.72. The van der Waals surface area contributed by atoms with Gasteiger partial charge in [-0.3, -0.25) is 14.4 Å². The van der Waals surface area contributed by atoms with Crippen LogP contribution in [0.1, 0.15) is 59.7 Å². The van der Waals surface area contributed by atoms with Crippen LogP contribution >= 0.6 is 0 Å². The van der Waals surface area contributed by atoms with Crippen LogP contribution in [0.3, 0.4) is 0 Å². The number of Topliss-reactive ketones (excluding diaryl/α,β-unsaturated/α-hetero) is 1. The van der Waals surface area contributed by atoms with Crippen LogP contribution in [0.25, 0.3) is 0 Å². The summed E-state index contributed by atoms with van der Waals surface area (Å²) in [5.41, 5.74) is 1.01. The number of carboxylic acid groups (broad SMARTS) is 1. The van der Waals surface area contributed by atoms with Crippen molar-refractivity contribution in [3.05, 3.63) is 35.4 Å². The molecule has 1 fully saturated rings. The van der Waals surface area contributed by atoms with Crippen LogP contribution in [0, 0.1) is 0 Å². The summed E-state index contributed by atoms with van der Waals surface area (Å²) in [7, 11) is 0. The molecule has 0 aromatic heterocycles. The summed E-state index contributed by atoms with van der Waals surface area (Å²) in [6, 6.07) is 6.70. The maximum Gasteiger partial charge on any atom is 0.303 e. The fraction of sp³-hybridized carbons (Fsp3) is 0.471. The van der Waals surface area contributed by atoms with Gasteiger partial charge in [-0.2, -0.15) is 0 Å². The molecular weight excluding hydrogens is 282 g/mol. The van der Waals surface area contributed by atoms with E-state index in [-0.39, 0.29) is 24.2 Å². The van der Waals surface area contributed by atoms with Crippen LogP contribution in [0.5, 0.6) is 0 Å². The van der Waals surface area contributed by atoms with Crippen molar-refractivity contribution in [3.8, 4) is 0 Å². The molecule has 0 radical (unpaired) electrons. The highest BCUT2D eigenvalue weighted by Crippen LogP contribution is 2.23. The molecule has 1 N–H and O–H groups in total. The number of likely N-dealkylation sites (tertiary alicyclic amines) is 1. The summed E-state index contributed by atoms with van der Waals surface area (Å²) in [5.74, 6) is -1.02. The third kappa shape index (κ3) is 3.93. The molecule has 1 aromatic rings. The fourth-order valence-corrected chi connectivity index (χ4v) is 2.90. The number of rotatable bonds is 5. The fourth-order valence-electron chi connectivity index (χ4n) is 2.90. The number of hydrogen-bond donors (Lipinski definition) is 1. The standard InChI is InChI=1S/C17H21NO4/c1-12(19)13-5-4-6-14(11-13)17(22)18-10-3-2-7-15(18)8-9-16(20)21/h4-6,11,15H,2-3,7-10H2,1H3,(H,20,21)/t15-/m0/s1. The van der Waals surface area contributed by atoms with Crippen molar-refractivity contribution in [3.63, 3.8) is 0 Å². The van der Waals surface area contributed by atoms with E-state index in [0.29, 0.717) is 24.1 Å². The Kier molecular flexibility index (Phi) is 5.31. The lowest BCUT2D eigenvalue weighted by atomic mass is 9.96. The lowest BCUT2D eigenvalue weighted by molar-refractivity contribution is -0.137. The molecule has 1 aromatic carbocycles. The van der Waals surface area contributed by atoms with Gasteiger partial charge in [0.15, 0.2) is 5.78 Å². The van der Waals surface area contributed by atoms with Gasteiger partial charge < -0.3 is 10.0 Å². The van der Waals surface area contributed by atoms with Crippen molar-refractivity contribution in [2.75, 3.05) is 6.54 Å². The number of aliphatic carboxylic acids is 1. The predicted molar refractivity (Wildman–Crippen MR) is 82.0 cm³/mol. The highest BCUT2D eigenvalue weighted by atomic mass is 16.4. The van der Waals surface area contributed by atoms with Crippen LogP contribution < -0.4 is 0 Å². The van der Waals surface area contributed by atoms with Crippen molar-refractivity contribution in [1.29, 1.82) is 0 Å². The molecule has 1 atom stereocenters. The van der Waals surface area contributed by atoms with Crippen molar-refractivity contribution in [2.45, 2.75) is 45.1 Å². The zero-order valence-corrected chi connectivity index (χ0v) is 12.7. The van der Waals surface area contributed by atoms with Gasteiger partial charge in [0, 0.05) is 30.1 Å². The van der Waals surface area contributed by atoms with Crippen LogP contribution in [0.15, 0.2) is 24.3 Å². The van der Waals surface area contributed by atoms with E-state index in [9.17, 15) is 14.4 Å². The summed E-state index contributed by atoms with van der Waals surface area (Å²) < 4.78 is 0. The molecule has 0 saturated carbocycles. The Balaban J connectivity index is 2.16. The first kappa shape index (κ1) is 16.2. The molecule has 5 heteroatoms. The van der Waals surface area contributed by atoms with Crippen LogP contribution in [0.2, 0.25) is 0 Å². The van der Waals surface area contributed by atoms with Crippen molar-refractivity contribution in [1.82, 2.24) is 4.90 Å². The van der Waals surface area contributed by atoms with Gasteiger partial charge in [0.05, 0.1) is 0 Å². The molecule has 2 rings (SSSR count). The Bertz CT molecular complexity index is 582. The van der Waals surface area contributed by atoms with Gasteiger partial charge in [0.2, 0.25) is 0 Å². The minimum absolute atomic E-state index is 0.0293. The largest absolute Gasteiger partial charge is 0.481 e. The summed E-state index contributed by atoms with van der Waals surface area (Å²) >= 11 is 0. The molecule has 1 saturated heterocycles. The molecule has 1 aliphatic rings. The number of carbonyl (C=O) groups excluding carboxylic acids is 2. The number of ketones is 1. The van der Waals surface area contributed by atoms with Crippen molar-refractivity contribution < 1.29 is 19.5 Å². The van der Waals surface area contributed by atoms with Crippen LogP contribution in [0.4, 0.5) is 0 Å². The van der Waals surface area contributed by atoms with Gasteiger partial charge >= 0.3 is 5.97 Å². The Hall–Kier alpha value is -2.17. The molecule has 0 unspecified atom stereocenters. The third-order valence-electron chi connectivity index (χ3n) is 4.10. The maximum atomic E-state index is 12.7. The van der Waals surface area contributed by atoms with Gasteiger partial charge in [-0.1, -0.05) is 12.1 Å². The minimum atomic E-state index is -0.837. The average molecular weight is 303 g/mol. The van der Waals surface area contributed by atoms with Crippen molar-refractivity contribution >= 4 is 17.7 Å². The summed E-state index contributed by atoms with van der Waals surface area (Å²) in [4.78, 5) is 36.7. The van der Waals surface area contributed by atoms with Crippen LogP contribution in [-0.2, 0) is 4.79 Å². The van der Waals surface area contributed by atoms with E-state index in [2.05, 4.69) is 0 Å². The molecule has 22 heavy (non-hydrogen) atoms. The van der Waals surface area contributed by atoms with Crippen LogP contribution in [-0.4, -0.2) is 40.3 Å². The normalized spacial score (nSPS) is 18.0. The first-order chi connectivity index (χ1) is 10.5. The molecule has 5 nitrogen and oxygen atoms in total. The smallest absolute Gasteiger partial charge is 0.303 e. The summed E-state index contributed by atoms with van der Waals surface area (Å²) in [5, 5.41) is 8.84. The van der Waals surface area contributed by atoms with E-state index in [4.69, 9.17) is 5.11 Å². The third-order valence-corrected chi connectivity index (χ3v) is 4.10. The Morgan fingerprint density at radius 1 is 1.23 bits per heavy atom. The van der Waals surface area contributed by atoms with E-state index < -0.39 is 5.97 Å². The Morgan fingerprint density at radius 2 is 1.95 bits per heavy atom. The first-order valence-electron chi connectivity index (χ1n) is 7.63. The summed E-state index contributed by atoms with van der Waals surface area (Å²) in [6.07, 6.45) is 3.34. The number of piperidine rings is 1. The lowest BCUT2D eigenvalue weighted by Crippen LogP contribution is -2.44. The molecule has 118 valence electrons. The van der Waals surface area contributed by atoms with Gasteiger partial charge in [-0.15, -0.1) is 0 Å². The Morgan fingerprint density at radius 3 is 2.64 bits per heavy atom. The number of benzene rings is 1. The quantitative estimate of drug-likeness (QED) is 0.849. The first-order valence-corrected chi connectivity index (χ1v) is 7.63. The molecule has 1 heterocycles. The molecule has 0 aliphatic carbocycles. The van der Waals surface area contributed by atoms with Gasteiger partial charge in [0.25, 0.3) is 5.91 Å². The van der Waals surface area contributed by atoms with Crippen molar-refractivity contribution in [2.24, 2.45) is 0 Å². The molecule has 1 amide bonds. The predicted octanol–water partition coefficient (Wildman–Crippen LogP) is 2.75. The summed E-state index contributed by atoms with van der Waals surface area (Å²) in [6.45, 7) is 2.12. The molecular formula is C17H21NO4. The Labute approximate surface area is 129 Å². The highest BCUT2D eigenvalue weighted by molar-refractivity contribution is 5.99. The SMILES string of the molecule is CC(=O)c1cccc(C(=O)N2CCCC[C@H]2CCC(=O)O)c1. The van der Waals surface area contributed by atoms with E-state index >= 15 is 0 Å². The number of carbonyl (C=O) groups is 3. The minimum Gasteiger partial charge on any atom is -0.481 e. The van der Waals surface area contributed by atoms with E-state index in [1.165, 1.54) is 6.92 Å². The number of nitrogens with zero attached hydrogens (tertiary/aromatic N) is 1. The second-order valence-corrected chi connectivity index (χ2v) is 5.72. The molecule has 0 bridgehead atoms. The van der Waals surface area contributed by atoms with Gasteiger partial charge in [-0.25, -0.2) is 0 Å².